The molecule has 2 aromatic carbocycles. The highest BCUT2D eigenvalue weighted by molar-refractivity contribution is 7.90. The summed E-state index contributed by atoms with van der Waals surface area (Å²) in [6.45, 7) is 0. The lowest BCUT2D eigenvalue weighted by Gasteiger charge is -2.11. The van der Waals surface area contributed by atoms with E-state index in [4.69, 9.17) is 10.5 Å². The van der Waals surface area contributed by atoms with Gasteiger partial charge < -0.3 is 21.1 Å². The smallest absolute Gasteiger partial charge is 0.417 e. The molecule has 196 valence electrons. The van der Waals surface area contributed by atoms with Crippen molar-refractivity contribution in [3.05, 3.63) is 78.8 Å². The molecule has 4 N–H and O–H groups in total. The number of ether oxygens (including phenoxy) is 1. The van der Waals surface area contributed by atoms with Gasteiger partial charge in [0.05, 0.1) is 34.2 Å². The van der Waals surface area contributed by atoms with Crippen molar-refractivity contribution in [2.24, 2.45) is 0 Å². The van der Waals surface area contributed by atoms with Gasteiger partial charge in [-0.15, -0.1) is 0 Å². The van der Waals surface area contributed by atoms with Crippen LogP contribution >= 0.6 is 0 Å². The largest absolute Gasteiger partial charge is 0.424 e. The molecule has 2 aromatic heterocycles. The minimum atomic E-state index is -4.56. The highest BCUT2D eigenvalue weighted by atomic mass is 32.2. The molecule has 0 fully saturated rings. The van der Waals surface area contributed by atoms with Gasteiger partial charge in [-0.05, 0) is 35.9 Å². The number of carbonyl (C=O) groups excluding carboxylic acids is 1. The Balaban J connectivity index is 1.40. The molecule has 0 unspecified atom stereocenters. The fourth-order valence-electron chi connectivity index (χ4n) is 3.28. The predicted molar refractivity (Wildman–Crippen MR) is 133 cm³/mol. The van der Waals surface area contributed by atoms with Gasteiger partial charge in [0.2, 0.25) is 0 Å². The zero-order valence-corrected chi connectivity index (χ0v) is 20.3. The van der Waals surface area contributed by atoms with Crippen LogP contribution in [0.15, 0.2) is 78.1 Å². The van der Waals surface area contributed by atoms with Gasteiger partial charge in [0.1, 0.15) is 11.6 Å². The van der Waals surface area contributed by atoms with Crippen LogP contribution in [0.3, 0.4) is 0 Å². The van der Waals surface area contributed by atoms with Crippen molar-refractivity contribution in [1.29, 1.82) is 0 Å². The molecule has 38 heavy (non-hydrogen) atoms. The number of pyridine rings is 1. The molecule has 4 aromatic rings. The number of halogens is 3. The number of anilines is 3. The molecule has 2 heterocycles. The Kier molecular flexibility index (Phi) is 7.17. The van der Waals surface area contributed by atoms with Crippen LogP contribution in [0, 0.1) is 0 Å². The predicted octanol–water partition coefficient (Wildman–Crippen LogP) is 4.98. The fourth-order valence-corrected chi connectivity index (χ4v) is 4.13. The Morgan fingerprint density at radius 1 is 0.947 bits per heavy atom. The first-order chi connectivity index (χ1) is 17.9. The molecule has 0 spiro atoms. The van der Waals surface area contributed by atoms with Crippen LogP contribution in [-0.2, 0) is 16.0 Å². The number of nitrogen functional groups attached to an aromatic ring is 1. The lowest BCUT2D eigenvalue weighted by Crippen LogP contribution is -2.21. The lowest BCUT2D eigenvalue weighted by molar-refractivity contribution is -0.137. The summed E-state index contributed by atoms with van der Waals surface area (Å²) in [5.74, 6) is 0.241. The molecule has 4 rings (SSSR count). The van der Waals surface area contributed by atoms with E-state index < -0.39 is 27.6 Å². The second-order valence-electron chi connectivity index (χ2n) is 7.88. The summed E-state index contributed by atoms with van der Waals surface area (Å²) in [6, 6.07) is 12.1. The number of urea groups is 1. The second-order valence-corrected chi connectivity index (χ2v) is 9.87. The molecule has 0 saturated heterocycles. The zero-order chi connectivity index (χ0) is 27.5. The van der Waals surface area contributed by atoms with Crippen molar-refractivity contribution in [3.63, 3.8) is 0 Å². The molecule has 0 atom stereocenters. The van der Waals surface area contributed by atoms with Crippen LogP contribution in [0.4, 0.5) is 35.2 Å². The first-order valence-electron chi connectivity index (χ1n) is 10.7. The Bertz CT molecular complexity index is 1580. The molecule has 0 aliphatic rings. The molecule has 2 amide bonds. The Morgan fingerprint density at radius 2 is 1.61 bits per heavy atom. The molecule has 0 saturated carbocycles. The number of alkyl halides is 3. The summed E-state index contributed by atoms with van der Waals surface area (Å²) in [5, 5.41) is 4.95. The van der Waals surface area contributed by atoms with Gasteiger partial charge >= 0.3 is 18.2 Å². The minimum Gasteiger partial charge on any atom is -0.424 e. The number of sulfone groups is 1. The van der Waals surface area contributed by atoms with Crippen LogP contribution < -0.4 is 21.1 Å². The van der Waals surface area contributed by atoms with Gasteiger partial charge in [-0.1, -0.05) is 24.3 Å². The molecular weight excluding hydrogens is 525 g/mol. The van der Waals surface area contributed by atoms with E-state index in [1.165, 1.54) is 54.9 Å². The van der Waals surface area contributed by atoms with Crippen molar-refractivity contribution in [2.45, 2.75) is 11.1 Å². The number of hydrogen-bond donors (Lipinski definition) is 3. The standard InChI is InChI=1S/C24H19F3N6O4S/c1-38(35,36)20-5-3-2-4-19(20)33-22(34)32-16-12-30-23(31-13-16)37-17-8-6-14(7-9-17)18-10-15(24(25,26)27)11-29-21(18)28/h2-13H,1H3,(H2,28,29)(H2,32,33,34). The lowest BCUT2D eigenvalue weighted by atomic mass is 10.0. The highest BCUT2D eigenvalue weighted by Crippen LogP contribution is 2.34. The number of aromatic nitrogens is 3. The third kappa shape index (κ3) is 6.34. The fraction of sp³-hybridized carbons (Fsp3) is 0.0833. The number of para-hydroxylation sites is 1. The summed E-state index contributed by atoms with van der Waals surface area (Å²) in [6.07, 6.45) is -0.312. The SMILES string of the molecule is CS(=O)(=O)c1ccccc1NC(=O)Nc1cnc(Oc2ccc(-c3cc(C(F)(F)F)cnc3N)cc2)nc1. The van der Waals surface area contributed by atoms with E-state index in [1.54, 1.807) is 6.07 Å². The minimum absolute atomic E-state index is 0.0341. The molecular formula is C24H19F3N6O4S. The molecule has 0 aliphatic carbocycles. The van der Waals surface area contributed by atoms with Gasteiger partial charge in [0.25, 0.3) is 0 Å². The summed E-state index contributed by atoms with van der Waals surface area (Å²) >= 11 is 0. The van der Waals surface area contributed by atoms with E-state index in [-0.39, 0.29) is 33.7 Å². The quantitative estimate of drug-likeness (QED) is 0.308. The summed E-state index contributed by atoms with van der Waals surface area (Å²) in [5.41, 5.74) is 5.67. The Hall–Kier alpha value is -4.72. The van der Waals surface area contributed by atoms with Crippen LogP contribution in [-0.4, -0.2) is 35.7 Å². The number of carbonyl (C=O) groups is 1. The number of rotatable bonds is 6. The number of nitrogens with zero attached hydrogens (tertiary/aromatic N) is 3. The van der Waals surface area contributed by atoms with E-state index in [9.17, 15) is 26.4 Å². The normalized spacial score (nSPS) is 11.6. The molecule has 14 heteroatoms. The van der Waals surface area contributed by atoms with Crippen LogP contribution in [0.1, 0.15) is 5.56 Å². The third-order valence-electron chi connectivity index (χ3n) is 5.04. The first kappa shape index (κ1) is 26.3. The summed E-state index contributed by atoms with van der Waals surface area (Å²) in [7, 11) is -3.55. The number of nitrogens with one attached hydrogen (secondary N) is 2. The molecule has 0 bridgehead atoms. The van der Waals surface area contributed by atoms with Gasteiger partial charge in [-0.3, -0.25) is 0 Å². The van der Waals surface area contributed by atoms with Crippen LogP contribution in [0.2, 0.25) is 0 Å². The Labute approximate surface area is 214 Å². The van der Waals surface area contributed by atoms with Gasteiger partial charge in [0, 0.05) is 18.0 Å². The number of hydrogen-bond acceptors (Lipinski definition) is 8. The van der Waals surface area contributed by atoms with Crippen molar-refractivity contribution in [1.82, 2.24) is 15.0 Å². The number of nitrogens with two attached hydrogens (primary N) is 1. The average Bonchev–Trinajstić information content (AvgIpc) is 2.85. The van der Waals surface area contributed by atoms with Crippen molar-refractivity contribution in [3.8, 4) is 22.9 Å². The number of amides is 2. The summed E-state index contributed by atoms with van der Waals surface area (Å²) in [4.78, 5) is 23.9. The maximum Gasteiger partial charge on any atom is 0.417 e. The third-order valence-corrected chi connectivity index (χ3v) is 6.20. The Morgan fingerprint density at radius 3 is 2.24 bits per heavy atom. The van der Waals surface area contributed by atoms with Crippen molar-refractivity contribution < 1.29 is 31.1 Å². The van der Waals surface area contributed by atoms with E-state index in [0.717, 1.165) is 12.3 Å². The average molecular weight is 545 g/mol. The topological polar surface area (TPSA) is 149 Å². The molecule has 10 nitrogen and oxygen atoms in total. The van der Waals surface area contributed by atoms with Gasteiger partial charge in [0.15, 0.2) is 9.84 Å². The molecule has 0 radical (unpaired) electrons. The summed E-state index contributed by atoms with van der Waals surface area (Å²) < 4.78 is 68.3. The zero-order valence-electron chi connectivity index (χ0n) is 19.5. The highest BCUT2D eigenvalue weighted by Gasteiger charge is 2.31. The second kappa shape index (κ2) is 10.3. The monoisotopic (exact) mass is 544 g/mol. The van der Waals surface area contributed by atoms with E-state index in [1.807, 2.05) is 0 Å². The van der Waals surface area contributed by atoms with E-state index >= 15 is 0 Å². The first-order valence-corrected chi connectivity index (χ1v) is 12.6. The molecule has 0 aliphatic heterocycles. The van der Waals surface area contributed by atoms with Gasteiger partial charge in [-0.25, -0.2) is 28.2 Å². The van der Waals surface area contributed by atoms with Crippen LogP contribution in [0.5, 0.6) is 11.8 Å². The maximum absolute atomic E-state index is 13.0. The van der Waals surface area contributed by atoms with Gasteiger partial charge in [-0.2, -0.15) is 13.2 Å². The maximum atomic E-state index is 13.0. The number of benzene rings is 2. The van der Waals surface area contributed by atoms with Crippen molar-refractivity contribution in [2.75, 3.05) is 22.6 Å². The van der Waals surface area contributed by atoms with E-state index in [0.29, 0.717) is 17.5 Å². The van der Waals surface area contributed by atoms with E-state index in [2.05, 4.69) is 25.6 Å². The van der Waals surface area contributed by atoms with Crippen LogP contribution in [0.25, 0.3) is 11.1 Å². The van der Waals surface area contributed by atoms with Crippen molar-refractivity contribution >= 4 is 33.1 Å².